The minimum absolute atomic E-state index is 0.0514. The molecule has 1 atom stereocenters. The van der Waals surface area contributed by atoms with E-state index >= 15 is 0 Å². The third-order valence-electron chi connectivity index (χ3n) is 3.26. The molecule has 3 heteroatoms. The predicted octanol–water partition coefficient (Wildman–Crippen LogP) is 4.09. The second-order valence-corrected chi connectivity index (χ2v) is 5.21. The molecule has 0 fully saturated rings. The van der Waals surface area contributed by atoms with Gasteiger partial charge in [-0.1, -0.05) is 48.9 Å². The van der Waals surface area contributed by atoms with Gasteiger partial charge in [0, 0.05) is 16.6 Å². The number of amides is 1. The van der Waals surface area contributed by atoms with E-state index in [0.717, 1.165) is 12.8 Å². The van der Waals surface area contributed by atoms with Crippen LogP contribution in [-0.4, -0.2) is 11.9 Å². The molecule has 1 N–H and O–H groups in total. The number of benzene rings is 2. The van der Waals surface area contributed by atoms with Gasteiger partial charge in [-0.05, 0) is 42.7 Å². The van der Waals surface area contributed by atoms with Gasteiger partial charge in [0.25, 0.3) is 5.91 Å². The lowest BCUT2D eigenvalue weighted by molar-refractivity contribution is 0.0936. The molecule has 2 rings (SSSR count). The molecule has 0 aliphatic rings. The van der Waals surface area contributed by atoms with Crippen molar-refractivity contribution in [3.05, 3.63) is 70.7 Å². The van der Waals surface area contributed by atoms with E-state index in [1.807, 2.05) is 18.2 Å². The van der Waals surface area contributed by atoms with Crippen LogP contribution in [0.4, 0.5) is 0 Å². The van der Waals surface area contributed by atoms with Crippen LogP contribution >= 0.6 is 11.6 Å². The fourth-order valence-electron chi connectivity index (χ4n) is 2.07. The van der Waals surface area contributed by atoms with E-state index < -0.39 is 0 Å². The molecule has 0 unspecified atom stereocenters. The van der Waals surface area contributed by atoms with Crippen molar-refractivity contribution in [2.75, 3.05) is 0 Å². The van der Waals surface area contributed by atoms with E-state index in [2.05, 4.69) is 24.4 Å². The number of hydrogen-bond donors (Lipinski definition) is 1. The van der Waals surface area contributed by atoms with Crippen LogP contribution in [0.1, 0.15) is 29.3 Å². The molecular weight excluding hydrogens is 270 g/mol. The Hall–Kier alpha value is -1.80. The number of carbonyl (C=O) groups is 1. The van der Waals surface area contributed by atoms with E-state index in [1.165, 1.54) is 5.56 Å². The maximum atomic E-state index is 12.2. The Morgan fingerprint density at radius 2 is 1.75 bits per heavy atom. The smallest absolute Gasteiger partial charge is 0.251 e. The van der Waals surface area contributed by atoms with Crippen molar-refractivity contribution < 1.29 is 4.79 Å². The topological polar surface area (TPSA) is 29.1 Å². The molecule has 0 aliphatic carbocycles. The number of hydrogen-bond acceptors (Lipinski definition) is 1. The largest absolute Gasteiger partial charge is 0.349 e. The summed E-state index contributed by atoms with van der Waals surface area (Å²) in [6.45, 7) is 2.08. The highest BCUT2D eigenvalue weighted by Crippen LogP contribution is 2.11. The van der Waals surface area contributed by atoms with Gasteiger partial charge in [0.15, 0.2) is 0 Å². The average Bonchev–Trinajstić information content (AvgIpc) is 2.48. The van der Waals surface area contributed by atoms with Crippen LogP contribution in [0.15, 0.2) is 54.6 Å². The van der Waals surface area contributed by atoms with Crippen molar-refractivity contribution in [2.24, 2.45) is 0 Å². The fourth-order valence-corrected chi connectivity index (χ4v) is 2.19. The Bertz CT molecular complexity index is 551. The van der Waals surface area contributed by atoms with Gasteiger partial charge in [0.1, 0.15) is 0 Å². The summed E-state index contributed by atoms with van der Waals surface area (Å²) in [5, 5.41) is 3.71. The molecule has 0 spiro atoms. The second-order valence-electron chi connectivity index (χ2n) is 4.78. The summed E-state index contributed by atoms with van der Waals surface area (Å²) in [6.07, 6.45) is 1.74. The molecule has 0 bridgehead atoms. The molecular formula is C17H18ClNO. The lowest BCUT2D eigenvalue weighted by Gasteiger charge is -2.17. The Balaban J connectivity index is 1.99. The van der Waals surface area contributed by atoms with Gasteiger partial charge >= 0.3 is 0 Å². The quantitative estimate of drug-likeness (QED) is 0.882. The van der Waals surface area contributed by atoms with E-state index in [9.17, 15) is 4.79 Å². The Kier molecular flexibility index (Phi) is 5.19. The number of rotatable bonds is 5. The molecule has 1 amide bonds. The molecule has 0 aliphatic heterocycles. The SMILES string of the molecule is CC[C@@H](Cc1ccccc1)NC(=O)c1ccc(Cl)cc1. The molecule has 104 valence electrons. The van der Waals surface area contributed by atoms with Gasteiger partial charge in [-0.3, -0.25) is 4.79 Å². The predicted molar refractivity (Wildman–Crippen MR) is 83.1 cm³/mol. The molecule has 20 heavy (non-hydrogen) atoms. The van der Waals surface area contributed by atoms with Crippen LogP contribution in [-0.2, 0) is 6.42 Å². The summed E-state index contributed by atoms with van der Waals surface area (Å²) in [5.41, 5.74) is 1.87. The zero-order valence-electron chi connectivity index (χ0n) is 11.5. The summed E-state index contributed by atoms with van der Waals surface area (Å²) in [4.78, 5) is 12.2. The maximum Gasteiger partial charge on any atom is 0.251 e. The second kappa shape index (κ2) is 7.11. The summed E-state index contributed by atoms with van der Waals surface area (Å²) in [5.74, 6) is -0.0514. The average molecular weight is 288 g/mol. The lowest BCUT2D eigenvalue weighted by atomic mass is 10.0. The van der Waals surface area contributed by atoms with Crippen LogP contribution in [0, 0.1) is 0 Å². The third-order valence-corrected chi connectivity index (χ3v) is 3.51. The molecule has 2 nitrogen and oxygen atoms in total. The van der Waals surface area contributed by atoms with Crippen molar-refractivity contribution in [3.63, 3.8) is 0 Å². The van der Waals surface area contributed by atoms with Gasteiger partial charge in [0.2, 0.25) is 0 Å². The first-order valence-corrected chi connectivity index (χ1v) is 7.17. The molecule has 0 aromatic heterocycles. The molecule has 2 aromatic carbocycles. The summed E-state index contributed by atoms with van der Waals surface area (Å²) >= 11 is 5.82. The first-order chi connectivity index (χ1) is 9.69. The van der Waals surface area contributed by atoms with E-state index in [-0.39, 0.29) is 11.9 Å². The van der Waals surface area contributed by atoms with E-state index in [0.29, 0.717) is 10.6 Å². The third kappa shape index (κ3) is 4.10. The molecule has 0 heterocycles. The van der Waals surface area contributed by atoms with Crippen LogP contribution in [0.3, 0.4) is 0 Å². The number of nitrogens with one attached hydrogen (secondary N) is 1. The van der Waals surface area contributed by atoms with Crippen molar-refractivity contribution in [1.29, 1.82) is 0 Å². The molecule has 2 aromatic rings. The van der Waals surface area contributed by atoms with Crippen LogP contribution in [0.2, 0.25) is 5.02 Å². The number of halogens is 1. The monoisotopic (exact) mass is 287 g/mol. The zero-order chi connectivity index (χ0) is 14.4. The highest BCUT2D eigenvalue weighted by Gasteiger charge is 2.12. The van der Waals surface area contributed by atoms with Crippen LogP contribution in [0.25, 0.3) is 0 Å². The first-order valence-electron chi connectivity index (χ1n) is 6.79. The van der Waals surface area contributed by atoms with Gasteiger partial charge in [-0.2, -0.15) is 0 Å². The minimum Gasteiger partial charge on any atom is -0.349 e. The van der Waals surface area contributed by atoms with Crippen molar-refractivity contribution in [3.8, 4) is 0 Å². The summed E-state index contributed by atoms with van der Waals surface area (Å²) in [6, 6.07) is 17.3. The highest BCUT2D eigenvalue weighted by molar-refractivity contribution is 6.30. The first kappa shape index (κ1) is 14.6. The lowest BCUT2D eigenvalue weighted by Crippen LogP contribution is -2.35. The molecule has 0 saturated carbocycles. The standard InChI is InChI=1S/C17H18ClNO/c1-2-16(12-13-6-4-3-5-7-13)19-17(20)14-8-10-15(18)11-9-14/h3-11,16H,2,12H2,1H3,(H,19,20)/t16-/m0/s1. The fraction of sp³-hybridized carbons (Fsp3) is 0.235. The van der Waals surface area contributed by atoms with E-state index in [4.69, 9.17) is 11.6 Å². The van der Waals surface area contributed by atoms with Gasteiger partial charge in [-0.15, -0.1) is 0 Å². The minimum atomic E-state index is -0.0514. The van der Waals surface area contributed by atoms with Gasteiger partial charge < -0.3 is 5.32 Å². The number of carbonyl (C=O) groups excluding carboxylic acids is 1. The molecule has 0 radical (unpaired) electrons. The van der Waals surface area contributed by atoms with Crippen LogP contribution in [0.5, 0.6) is 0 Å². The Labute approximate surface area is 124 Å². The zero-order valence-corrected chi connectivity index (χ0v) is 12.2. The maximum absolute atomic E-state index is 12.2. The van der Waals surface area contributed by atoms with Crippen LogP contribution < -0.4 is 5.32 Å². The highest BCUT2D eigenvalue weighted by atomic mass is 35.5. The van der Waals surface area contributed by atoms with Crippen molar-refractivity contribution >= 4 is 17.5 Å². The Morgan fingerprint density at radius 1 is 1.10 bits per heavy atom. The summed E-state index contributed by atoms with van der Waals surface area (Å²) < 4.78 is 0. The van der Waals surface area contributed by atoms with E-state index in [1.54, 1.807) is 24.3 Å². The van der Waals surface area contributed by atoms with Gasteiger partial charge in [0.05, 0.1) is 0 Å². The normalized spacial score (nSPS) is 11.9. The molecule has 0 saturated heterocycles. The van der Waals surface area contributed by atoms with Gasteiger partial charge in [-0.25, -0.2) is 0 Å². The van der Waals surface area contributed by atoms with Crippen molar-refractivity contribution in [1.82, 2.24) is 5.32 Å². The van der Waals surface area contributed by atoms with Crippen molar-refractivity contribution in [2.45, 2.75) is 25.8 Å². The Morgan fingerprint density at radius 3 is 2.35 bits per heavy atom. The summed E-state index contributed by atoms with van der Waals surface area (Å²) in [7, 11) is 0.